The second kappa shape index (κ2) is 6.91. The SMILES string of the molecule is COc1cccc(F)c1C(=O)NC(=O)Nc1ccc(Cl)cc1. The highest BCUT2D eigenvalue weighted by molar-refractivity contribution is 6.30. The van der Waals surface area contributed by atoms with Gasteiger partial charge in [0, 0.05) is 10.7 Å². The fraction of sp³-hybridized carbons (Fsp3) is 0.0667. The number of benzene rings is 2. The lowest BCUT2D eigenvalue weighted by atomic mass is 10.1. The average molecular weight is 323 g/mol. The Balaban J connectivity index is 2.09. The van der Waals surface area contributed by atoms with Gasteiger partial charge in [0.15, 0.2) is 0 Å². The highest BCUT2D eigenvalue weighted by atomic mass is 35.5. The first kappa shape index (κ1) is 15.8. The van der Waals surface area contributed by atoms with Crippen molar-refractivity contribution in [2.24, 2.45) is 0 Å². The Kier molecular flexibility index (Phi) is 4.95. The molecule has 0 aliphatic rings. The maximum Gasteiger partial charge on any atom is 0.326 e. The molecule has 0 atom stereocenters. The molecule has 22 heavy (non-hydrogen) atoms. The molecule has 0 saturated carbocycles. The highest BCUT2D eigenvalue weighted by Crippen LogP contribution is 2.21. The number of methoxy groups -OCH3 is 1. The third-order valence-electron chi connectivity index (χ3n) is 2.75. The monoisotopic (exact) mass is 322 g/mol. The highest BCUT2D eigenvalue weighted by Gasteiger charge is 2.19. The summed E-state index contributed by atoms with van der Waals surface area (Å²) >= 11 is 5.73. The van der Waals surface area contributed by atoms with Gasteiger partial charge in [-0.05, 0) is 36.4 Å². The van der Waals surface area contributed by atoms with E-state index < -0.39 is 17.8 Å². The predicted molar refractivity (Wildman–Crippen MR) is 80.9 cm³/mol. The molecular formula is C15H12ClFN2O3. The summed E-state index contributed by atoms with van der Waals surface area (Å²) in [6, 6.07) is 9.43. The van der Waals surface area contributed by atoms with Crippen LogP contribution < -0.4 is 15.4 Å². The van der Waals surface area contributed by atoms with Gasteiger partial charge >= 0.3 is 6.03 Å². The number of rotatable bonds is 3. The fourth-order valence-corrected chi connectivity index (χ4v) is 1.88. The maximum atomic E-state index is 13.7. The molecule has 0 bridgehead atoms. The van der Waals surface area contributed by atoms with Crippen LogP contribution in [0.3, 0.4) is 0 Å². The van der Waals surface area contributed by atoms with E-state index in [2.05, 4.69) is 5.32 Å². The second-order valence-electron chi connectivity index (χ2n) is 4.23. The Morgan fingerprint density at radius 2 is 1.82 bits per heavy atom. The summed E-state index contributed by atoms with van der Waals surface area (Å²) in [4.78, 5) is 23.7. The summed E-state index contributed by atoms with van der Waals surface area (Å²) in [5.41, 5.74) is 0.103. The minimum atomic E-state index is -0.901. The maximum absolute atomic E-state index is 13.7. The summed E-state index contributed by atoms with van der Waals surface area (Å²) in [6.07, 6.45) is 0. The Bertz CT molecular complexity index is 704. The molecule has 0 aliphatic heterocycles. The van der Waals surface area contributed by atoms with Crippen molar-refractivity contribution in [2.45, 2.75) is 0 Å². The van der Waals surface area contributed by atoms with Crippen molar-refractivity contribution >= 4 is 29.2 Å². The number of urea groups is 1. The lowest BCUT2D eigenvalue weighted by Crippen LogP contribution is -2.35. The van der Waals surface area contributed by atoms with Crippen LogP contribution in [-0.4, -0.2) is 19.0 Å². The van der Waals surface area contributed by atoms with E-state index >= 15 is 0 Å². The van der Waals surface area contributed by atoms with Gasteiger partial charge in [-0.3, -0.25) is 10.1 Å². The molecule has 0 heterocycles. The summed E-state index contributed by atoms with van der Waals surface area (Å²) < 4.78 is 18.6. The van der Waals surface area contributed by atoms with Crippen LogP contribution in [0.2, 0.25) is 5.02 Å². The molecule has 2 N–H and O–H groups in total. The van der Waals surface area contributed by atoms with Crippen LogP contribution in [0.1, 0.15) is 10.4 Å². The van der Waals surface area contributed by atoms with Crippen LogP contribution in [-0.2, 0) is 0 Å². The van der Waals surface area contributed by atoms with Crippen LogP contribution in [0, 0.1) is 5.82 Å². The van der Waals surface area contributed by atoms with Crippen molar-refractivity contribution < 1.29 is 18.7 Å². The molecule has 2 rings (SSSR count). The number of carbonyl (C=O) groups excluding carboxylic acids is 2. The molecule has 5 nitrogen and oxygen atoms in total. The normalized spacial score (nSPS) is 9.95. The zero-order chi connectivity index (χ0) is 16.1. The quantitative estimate of drug-likeness (QED) is 0.909. The van der Waals surface area contributed by atoms with Crippen molar-refractivity contribution in [3.63, 3.8) is 0 Å². The number of anilines is 1. The molecule has 0 radical (unpaired) electrons. The topological polar surface area (TPSA) is 67.4 Å². The molecule has 7 heteroatoms. The van der Waals surface area contributed by atoms with E-state index in [-0.39, 0.29) is 11.3 Å². The van der Waals surface area contributed by atoms with Crippen LogP contribution in [0.4, 0.5) is 14.9 Å². The van der Waals surface area contributed by atoms with Crippen LogP contribution >= 0.6 is 11.6 Å². The van der Waals surface area contributed by atoms with Crippen molar-refractivity contribution in [2.75, 3.05) is 12.4 Å². The predicted octanol–water partition coefficient (Wildman–Crippen LogP) is 3.45. The smallest absolute Gasteiger partial charge is 0.326 e. The van der Waals surface area contributed by atoms with Crippen LogP contribution in [0.5, 0.6) is 5.75 Å². The third-order valence-corrected chi connectivity index (χ3v) is 3.00. The van der Waals surface area contributed by atoms with Crippen molar-refractivity contribution in [1.82, 2.24) is 5.32 Å². The number of halogens is 2. The van der Waals surface area contributed by atoms with E-state index in [0.29, 0.717) is 10.7 Å². The second-order valence-corrected chi connectivity index (χ2v) is 4.67. The number of nitrogens with one attached hydrogen (secondary N) is 2. The first-order chi connectivity index (χ1) is 10.5. The van der Waals surface area contributed by atoms with Gasteiger partial charge in [-0.2, -0.15) is 0 Å². The number of ether oxygens (including phenoxy) is 1. The van der Waals surface area contributed by atoms with Gasteiger partial charge in [-0.15, -0.1) is 0 Å². The van der Waals surface area contributed by atoms with Gasteiger partial charge < -0.3 is 10.1 Å². The van der Waals surface area contributed by atoms with E-state index in [0.717, 1.165) is 6.07 Å². The van der Waals surface area contributed by atoms with E-state index in [1.54, 1.807) is 24.3 Å². The van der Waals surface area contributed by atoms with Crippen LogP contribution in [0.25, 0.3) is 0 Å². The van der Waals surface area contributed by atoms with Gasteiger partial charge in [-0.1, -0.05) is 17.7 Å². The summed E-state index contributed by atoms with van der Waals surface area (Å²) in [7, 11) is 1.30. The third kappa shape index (κ3) is 3.73. The first-order valence-electron chi connectivity index (χ1n) is 6.21. The Morgan fingerprint density at radius 3 is 2.45 bits per heavy atom. The van der Waals surface area contributed by atoms with Gasteiger partial charge in [0.25, 0.3) is 5.91 Å². The fourth-order valence-electron chi connectivity index (χ4n) is 1.76. The van der Waals surface area contributed by atoms with Gasteiger partial charge in [0.2, 0.25) is 0 Å². The average Bonchev–Trinajstić information content (AvgIpc) is 2.49. The molecule has 0 unspecified atom stereocenters. The Labute approximate surface area is 131 Å². The lowest BCUT2D eigenvalue weighted by molar-refractivity contribution is 0.0960. The molecular weight excluding hydrogens is 311 g/mol. The van der Waals surface area contributed by atoms with Gasteiger partial charge in [0.1, 0.15) is 17.1 Å². The zero-order valence-corrected chi connectivity index (χ0v) is 12.3. The summed E-state index contributed by atoms with van der Waals surface area (Å²) in [6.45, 7) is 0. The molecule has 0 aliphatic carbocycles. The Hall–Kier alpha value is -2.60. The molecule has 0 aromatic heterocycles. The van der Waals surface area contributed by atoms with Crippen molar-refractivity contribution in [1.29, 1.82) is 0 Å². The van der Waals surface area contributed by atoms with E-state index in [9.17, 15) is 14.0 Å². The number of hydrogen-bond donors (Lipinski definition) is 2. The number of hydrogen-bond acceptors (Lipinski definition) is 3. The Morgan fingerprint density at radius 1 is 1.14 bits per heavy atom. The van der Waals surface area contributed by atoms with E-state index in [1.165, 1.54) is 19.2 Å². The molecule has 3 amide bonds. The minimum Gasteiger partial charge on any atom is -0.496 e. The first-order valence-corrected chi connectivity index (χ1v) is 6.59. The molecule has 0 fully saturated rings. The molecule has 0 saturated heterocycles. The number of carbonyl (C=O) groups is 2. The van der Waals surface area contributed by atoms with Gasteiger partial charge in [-0.25, -0.2) is 9.18 Å². The standard InChI is InChI=1S/C15H12ClFN2O3/c1-22-12-4-2-3-11(17)13(12)14(20)19-15(21)18-10-7-5-9(16)6-8-10/h2-8H,1H3,(H2,18,19,20,21). The minimum absolute atomic E-state index is 0.0387. The largest absolute Gasteiger partial charge is 0.496 e. The number of imide groups is 1. The van der Waals surface area contributed by atoms with Crippen molar-refractivity contribution in [3.05, 3.63) is 58.9 Å². The van der Waals surface area contributed by atoms with Gasteiger partial charge in [0.05, 0.1) is 7.11 Å². The molecule has 2 aromatic rings. The molecule has 114 valence electrons. The van der Waals surface area contributed by atoms with Crippen molar-refractivity contribution in [3.8, 4) is 5.75 Å². The zero-order valence-electron chi connectivity index (χ0n) is 11.5. The summed E-state index contributed by atoms with van der Waals surface area (Å²) in [5, 5.41) is 4.98. The lowest BCUT2D eigenvalue weighted by Gasteiger charge is -2.10. The molecule has 0 spiro atoms. The van der Waals surface area contributed by atoms with E-state index in [1.807, 2.05) is 5.32 Å². The van der Waals surface area contributed by atoms with Crippen LogP contribution in [0.15, 0.2) is 42.5 Å². The summed E-state index contributed by atoms with van der Waals surface area (Å²) in [5.74, 6) is -1.64. The van der Waals surface area contributed by atoms with E-state index in [4.69, 9.17) is 16.3 Å². The number of amides is 3. The molecule has 2 aromatic carbocycles.